The van der Waals surface area contributed by atoms with Crippen molar-refractivity contribution in [1.82, 2.24) is 69.8 Å². The lowest BCUT2D eigenvalue weighted by Crippen LogP contribution is -2.36. The zero-order valence-electron chi connectivity index (χ0n) is 69.6. The summed E-state index contributed by atoms with van der Waals surface area (Å²) >= 11 is 8.67. The molecule has 6 saturated heterocycles. The maximum absolute atomic E-state index is 12.0. The molecule has 36 heteroatoms. The highest BCUT2D eigenvalue weighted by molar-refractivity contribution is 9.09. The number of carbonyl (C=O) groups is 5. The molecule has 0 saturated carbocycles. The number of aryl methyl sites for hydroxylation is 2. The van der Waals surface area contributed by atoms with Crippen molar-refractivity contribution in [3.05, 3.63) is 187 Å². The zero-order chi connectivity index (χ0) is 88.8. The number of alkyl halides is 1. The van der Waals surface area contributed by atoms with Gasteiger partial charge in [-0.2, -0.15) is 4.98 Å². The fourth-order valence-corrected chi connectivity index (χ4v) is 13.2. The van der Waals surface area contributed by atoms with Crippen LogP contribution in [0.4, 0.5) is 5.82 Å². The van der Waals surface area contributed by atoms with Crippen LogP contribution in [-0.4, -0.2) is 236 Å². The Bertz CT molecular complexity index is 4990. The van der Waals surface area contributed by atoms with Crippen LogP contribution in [0.25, 0.3) is 11.1 Å². The Morgan fingerprint density at radius 3 is 1.22 bits per heavy atom. The molecule has 4 aromatic carbocycles. The predicted octanol–water partition coefficient (Wildman–Crippen LogP) is 7.85. The number of piperidine rings is 5. The molecule has 6 aliphatic rings. The minimum absolute atomic E-state index is 0.144. The van der Waals surface area contributed by atoms with E-state index in [-0.39, 0.29) is 46.4 Å². The van der Waals surface area contributed by atoms with Gasteiger partial charge in [-0.1, -0.05) is 93.8 Å². The number of benzene rings is 4. The van der Waals surface area contributed by atoms with Crippen LogP contribution in [0.15, 0.2) is 165 Å². The first kappa shape index (κ1) is 96.9. The number of likely N-dealkylation sites (tertiary alicyclic amines) is 4. The average Bonchev–Trinajstić information content (AvgIpc) is 0.845. The Kier molecular flexibility index (Phi) is 41.8. The van der Waals surface area contributed by atoms with Gasteiger partial charge in [0.1, 0.15) is 34.5 Å². The van der Waals surface area contributed by atoms with Gasteiger partial charge < -0.3 is 83.6 Å². The summed E-state index contributed by atoms with van der Waals surface area (Å²) in [5.74, 6) is 16.4. The number of morpholine rings is 1. The van der Waals surface area contributed by atoms with Crippen molar-refractivity contribution in [1.29, 1.82) is 0 Å². The normalized spacial score (nSPS) is 14.7. The van der Waals surface area contributed by atoms with Gasteiger partial charge in [0.2, 0.25) is 53.1 Å². The molecule has 7 N–H and O–H groups in total. The number of terminal acetylenes is 2. The first-order valence-corrected chi connectivity index (χ1v) is 43.0. The third-order valence-electron chi connectivity index (χ3n) is 19.6. The monoisotopic (exact) mass is 1780 g/mol. The maximum atomic E-state index is 12.0. The summed E-state index contributed by atoms with van der Waals surface area (Å²) < 4.78 is 28.0. The highest BCUT2D eigenvalue weighted by atomic mass is 79.9. The Hall–Kier alpha value is -11.9. The molecule has 0 aliphatic carbocycles. The number of nitrogens with one attached hydrogen (secondary N) is 1. The topological polar surface area (TPSA) is 397 Å². The smallest absolute Gasteiger partial charge is 0.437 e. The van der Waals surface area contributed by atoms with Crippen LogP contribution in [-0.2, 0) is 41.6 Å². The zero-order valence-corrected chi connectivity index (χ0v) is 71.9. The van der Waals surface area contributed by atoms with Gasteiger partial charge in [0, 0.05) is 115 Å². The molecule has 125 heavy (non-hydrogen) atoms. The predicted molar refractivity (Wildman–Crippen MR) is 479 cm³/mol. The van der Waals surface area contributed by atoms with Crippen LogP contribution in [0.2, 0.25) is 5.15 Å². The van der Waals surface area contributed by atoms with Gasteiger partial charge >= 0.3 is 21.4 Å². The van der Waals surface area contributed by atoms with Crippen molar-refractivity contribution in [3.63, 3.8) is 0 Å². The summed E-state index contributed by atoms with van der Waals surface area (Å²) in [6, 6.07) is 31.1. The fraction of sp³-hybridized carbons (Fsp3) is 0.371. The second-order valence-corrected chi connectivity index (χ2v) is 29.9. The van der Waals surface area contributed by atoms with E-state index in [0.29, 0.717) is 101 Å². The standard InChI is InChI=1S/C27H31N5O3.C18H22BN3O4.C18H18BN3O4.C10H8BClN2O3.C8H11NO.C5H9NO.C3H3Br/c33-27-5-1-2-12-32(27)13-3-4-23-19-28-20-26(30-23)35-24-9-6-21(7-10-24)22-8-11-25(29-18-22)31-14-16-34-17-15-31;2*23-18-5-1-2-10-22(18)11-3-4-15-12-20-13-17(21-15)26-16-8-6-14(7-9-16)19(24)25;12-9-5-13-6-10(14-9)17-8-3-1-7(2-4-8)11(15)16;1-2-6-9-7-4-3-5-8(9)10;7-5-3-1-2-4-6-5;1-2-3-4/h6-11,18-20H,1-5,12-17H2;6-9,12-13,24-25H,1-5,10-11H2;6-9,12-13,24-25H,1-2,5,10-11H2;1-6,15-16H;1H,3-7H2;1-4H2,(H,6,7);1H,3H2. The molecule has 5 aromatic heterocycles. The molecule has 15 rings (SSSR count). The van der Waals surface area contributed by atoms with Gasteiger partial charge in [-0.15, -0.1) is 12.8 Å². The second kappa shape index (κ2) is 54.0. The first-order valence-electron chi connectivity index (χ1n) is 41.5. The third-order valence-corrected chi connectivity index (χ3v) is 20.1. The maximum Gasteiger partial charge on any atom is 0.488 e. The SMILES string of the molecule is C#CCBr.C#CCN1CCCCC1=O.O=C1CCCCN1.O=C1CCCCN1CC#Cc1cncc(Oc2ccc(B(O)O)cc2)n1.O=C1CCCCN1CCCc1cncc(Oc2ccc(-c3ccc(N4CCOCC4)nc3)cc2)n1.O=C1CCCCN1CCCc1cncc(Oc2ccc(B(O)O)cc2)n1.OB(O)c1ccc(Oc2cncc(Cl)n2)cc1. The fourth-order valence-electron chi connectivity index (χ4n) is 13.0. The van der Waals surface area contributed by atoms with Crippen LogP contribution in [0.5, 0.6) is 46.5 Å². The highest BCUT2D eigenvalue weighted by Crippen LogP contribution is 2.28. The van der Waals surface area contributed by atoms with Crippen molar-refractivity contribution >= 4 is 101 Å². The largest absolute Gasteiger partial charge is 0.488 e. The summed E-state index contributed by atoms with van der Waals surface area (Å²) in [6.07, 6.45) is 41.3. The van der Waals surface area contributed by atoms with Crippen molar-refractivity contribution in [3.8, 4) is 94.2 Å². The molecule has 0 radical (unpaired) electrons. The Morgan fingerprint density at radius 1 is 0.440 bits per heavy atom. The molecule has 0 atom stereocenters. The molecule has 5 amide bonds. The molecule has 11 heterocycles. The number of ether oxygens (including phenoxy) is 5. The number of nitrogens with zero attached hydrogens (tertiary/aromatic N) is 14. The number of halogens is 2. The second-order valence-electron chi connectivity index (χ2n) is 29.0. The lowest BCUT2D eigenvalue weighted by atomic mass is 9.80. The number of hydrogen-bond acceptors (Lipinski definition) is 26. The molecular weight excluding hydrogens is 1680 g/mol. The molecule has 652 valence electrons. The first-order chi connectivity index (χ1) is 60.8. The summed E-state index contributed by atoms with van der Waals surface area (Å²) in [7, 11) is -4.51. The minimum atomic E-state index is -1.52. The van der Waals surface area contributed by atoms with Crippen molar-refractivity contribution in [2.45, 2.75) is 122 Å². The number of anilines is 1. The molecule has 0 spiro atoms. The van der Waals surface area contributed by atoms with E-state index < -0.39 is 21.4 Å². The van der Waals surface area contributed by atoms with Gasteiger partial charge in [0.05, 0.1) is 80.2 Å². The van der Waals surface area contributed by atoms with Crippen LogP contribution in [0, 0.1) is 36.5 Å². The van der Waals surface area contributed by atoms with E-state index in [2.05, 4.69) is 107 Å². The van der Waals surface area contributed by atoms with E-state index in [1.54, 1.807) is 89.1 Å². The molecule has 6 fully saturated rings. The van der Waals surface area contributed by atoms with Crippen LogP contribution in [0.1, 0.15) is 126 Å². The summed E-state index contributed by atoms with van der Waals surface area (Å²) in [5, 5.41) is 57.9. The number of rotatable bonds is 23. The van der Waals surface area contributed by atoms with E-state index in [1.165, 1.54) is 43.1 Å². The Balaban J connectivity index is 0.000000178. The van der Waals surface area contributed by atoms with Gasteiger partial charge in [-0.05, 0) is 178 Å². The molecule has 9 aromatic rings. The van der Waals surface area contributed by atoms with Crippen molar-refractivity contribution in [2.75, 3.05) is 95.4 Å². The van der Waals surface area contributed by atoms with E-state index >= 15 is 0 Å². The van der Waals surface area contributed by atoms with Crippen LogP contribution >= 0.6 is 27.5 Å². The van der Waals surface area contributed by atoms with Crippen molar-refractivity contribution in [2.24, 2.45) is 0 Å². The van der Waals surface area contributed by atoms with Crippen molar-refractivity contribution < 1.29 is 77.8 Å². The Labute approximate surface area is 742 Å². The Morgan fingerprint density at radius 2 is 0.840 bits per heavy atom. The number of carbonyl (C=O) groups excluding carboxylic acids is 5. The summed E-state index contributed by atoms with van der Waals surface area (Å²) in [4.78, 5) is 105. The summed E-state index contributed by atoms with van der Waals surface area (Å²) in [5.41, 5.74) is 5.42. The lowest BCUT2D eigenvalue weighted by molar-refractivity contribution is -0.134. The van der Waals surface area contributed by atoms with E-state index in [1.807, 2.05) is 40.3 Å². The van der Waals surface area contributed by atoms with Gasteiger partial charge in [-0.3, -0.25) is 43.9 Å². The summed E-state index contributed by atoms with van der Waals surface area (Å²) in [6.45, 7) is 9.85. The highest BCUT2D eigenvalue weighted by Gasteiger charge is 2.23. The molecule has 31 nitrogen and oxygen atoms in total. The van der Waals surface area contributed by atoms with E-state index in [4.69, 9.17) is 78.3 Å². The van der Waals surface area contributed by atoms with Gasteiger partial charge in [0.15, 0.2) is 5.15 Å². The molecule has 0 bridgehead atoms. The number of hydrogen-bond donors (Lipinski definition) is 7. The quantitative estimate of drug-likeness (QED) is 0.0182. The van der Waals surface area contributed by atoms with Crippen LogP contribution in [0.3, 0.4) is 0 Å². The van der Waals surface area contributed by atoms with Crippen LogP contribution < -0.4 is 45.6 Å². The van der Waals surface area contributed by atoms with Gasteiger partial charge in [0.25, 0.3) is 0 Å². The van der Waals surface area contributed by atoms with E-state index in [9.17, 15) is 24.0 Å². The molecule has 6 aliphatic heterocycles. The number of aromatic nitrogens is 9. The van der Waals surface area contributed by atoms with E-state index in [0.717, 1.165) is 197 Å². The number of pyridine rings is 1. The minimum Gasteiger partial charge on any atom is -0.437 e. The molecule has 0 unspecified atom stereocenters. The van der Waals surface area contributed by atoms with Gasteiger partial charge in [-0.25, -0.2) is 19.9 Å². The lowest BCUT2D eigenvalue weighted by Gasteiger charge is -2.27. The third kappa shape index (κ3) is 35.3. The number of amides is 5. The molecular formula is C89H102B3BrClN15O16. The average molecular weight is 1790 g/mol.